The third-order valence-corrected chi connectivity index (χ3v) is 3.46. The van der Waals surface area contributed by atoms with Crippen LogP contribution < -0.4 is 10.6 Å². The van der Waals surface area contributed by atoms with Gasteiger partial charge in [0.15, 0.2) is 0 Å². The van der Waals surface area contributed by atoms with E-state index in [2.05, 4.69) is 10.6 Å². The van der Waals surface area contributed by atoms with Crippen LogP contribution in [0.4, 0.5) is 4.79 Å². The van der Waals surface area contributed by atoms with E-state index in [1.54, 1.807) is 0 Å². The topological polar surface area (TPSA) is 87.7 Å². The number of hydrogen-bond donors (Lipinski definition) is 3. The van der Waals surface area contributed by atoms with Crippen molar-refractivity contribution in [1.29, 1.82) is 0 Å². The van der Waals surface area contributed by atoms with Crippen molar-refractivity contribution in [3.63, 3.8) is 0 Å². The lowest BCUT2D eigenvalue weighted by Crippen LogP contribution is -2.62. The molecule has 2 fully saturated rings. The van der Waals surface area contributed by atoms with Crippen molar-refractivity contribution >= 4 is 12.0 Å². The summed E-state index contributed by atoms with van der Waals surface area (Å²) in [4.78, 5) is 22.7. The lowest BCUT2D eigenvalue weighted by molar-refractivity contribution is -0.148. The van der Waals surface area contributed by atoms with Gasteiger partial charge >= 0.3 is 12.0 Å². The summed E-state index contributed by atoms with van der Waals surface area (Å²) in [5.74, 6) is -0.946. The van der Waals surface area contributed by atoms with E-state index in [1.807, 2.05) is 0 Å². The smallest absolute Gasteiger partial charge is 0.329 e. The maximum atomic E-state index is 11.7. The molecule has 0 aromatic carbocycles. The molecule has 0 aromatic rings. The fraction of sp³-hybridized carbons (Fsp3) is 0.818. The molecule has 0 spiro atoms. The lowest BCUT2D eigenvalue weighted by atomic mass is 9.77. The van der Waals surface area contributed by atoms with Crippen LogP contribution in [0.2, 0.25) is 0 Å². The zero-order valence-electron chi connectivity index (χ0n) is 9.70. The van der Waals surface area contributed by atoms with E-state index < -0.39 is 17.5 Å². The maximum absolute atomic E-state index is 11.7. The number of hydrogen-bond acceptors (Lipinski definition) is 3. The average molecular weight is 242 g/mol. The monoisotopic (exact) mass is 242 g/mol. The molecule has 1 saturated carbocycles. The first-order valence-corrected chi connectivity index (χ1v) is 6.02. The Bertz CT molecular complexity index is 309. The van der Waals surface area contributed by atoms with Crippen LogP contribution in [-0.2, 0) is 9.53 Å². The molecule has 0 radical (unpaired) electrons. The summed E-state index contributed by atoms with van der Waals surface area (Å²) in [6.45, 7) is 1.24. The van der Waals surface area contributed by atoms with Gasteiger partial charge in [0.05, 0.1) is 12.6 Å². The minimum absolute atomic E-state index is 0.00493. The van der Waals surface area contributed by atoms with Crippen molar-refractivity contribution in [2.45, 2.75) is 43.7 Å². The van der Waals surface area contributed by atoms with Gasteiger partial charge in [-0.1, -0.05) is 0 Å². The van der Waals surface area contributed by atoms with Gasteiger partial charge in [-0.3, -0.25) is 0 Å². The average Bonchev–Trinajstić information content (AvgIpc) is 2.24. The fourth-order valence-electron chi connectivity index (χ4n) is 2.22. The van der Waals surface area contributed by atoms with Crippen molar-refractivity contribution < 1.29 is 19.4 Å². The molecule has 17 heavy (non-hydrogen) atoms. The molecule has 3 N–H and O–H groups in total. The molecule has 2 aliphatic rings. The Hall–Kier alpha value is -1.30. The molecule has 1 heterocycles. The standard InChI is InChI=1S/C11H18N2O4/c14-9(15)11(4-2-5-11)13-10(16)12-8-3-1-6-17-7-8/h8H,1-7H2,(H,14,15)(H2,12,13,16). The second-order valence-electron chi connectivity index (χ2n) is 4.75. The Kier molecular flexibility index (Phi) is 3.51. The molecule has 6 nitrogen and oxygen atoms in total. The summed E-state index contributed by atoms with van der Waals surface area (Å²) in [7, 11) is 0. The number of ether oxygens (including phenoxy) is 1. The Morgan fingerprint density at radius 2 is 2.06 bits per heavy atom. The van der Waals surface area contributed by atoms with Crippen molar-refractivity contribution in [3.8, 4) is 0 Å². The van der Waals surface area contributed by atoms with E-state index in [-0.39, 0.29) is 6.04 Å². The number of aliphatic carboxylic acids is 1. The van der Waals surface area contributed by atoms with E-state index in [0.29, 0.717) is 19.4 Å². The third kappa shape index (κ3) is 2.69. The fourth-order valence-corrected chi connectivity index (χ4v) is 2.22. The quantitative estimate of drug-likeness (QED) is 0.671. The molecule has 1 saturated heterocycles. The number of urea groups is 1. The molecule has 0 bridgehead atoms. The van der Waals surface area contributed by atoms with Gasteiger partial charge < -0.3 is 20.5 Å². The minimum Gasteiger partial charge on any atom is -0.480 e. The van der Waals surface area contributed by atoms with Gasteiger partial charge in [-0.2, -0.15) is 0 Å². The zero-order chi connectivity index (χ0) is 12.3. The molecule has 1 aliphatic carbocycles. The SMILES string of the molecule is O=C(NC1CCCOC1)NC1(C(=O)O)CCC1. The third-order valence-electron chi connectivity index (χ3n) is 3.46. The van der Waals surface area contributed by atoms with E-state index >= 15 is 0 Å². The first-order chi connectivity index (χ1) is 8.12. The molecule has 96 valence electrons. The highest BCUT2D eigenvalue weighted by Gasteiger charge is 2.45. The lowest BCUT2D eigenvalue weighted by Gasteiger charge is -2.38. The Morgan fingerprint density at radius 3 is 2.53 bits per heavy atom. The second-order valence-corrected chi connectivity index (χ2v) is 4.75. The number of carboxylic acids is 1. The Balaban J connectivity index is 1.81. The first-order valence-electron chi connectivity index (χ1n) is 6.02. The Morgan fingerprint density at radius 1 is 1.29 bits per heavy atom. The summed E-state index contributed by atoms with van der Waals surface area (Å²) in [6.07, 6.45) is 3.68. The van der Waals surface area contributed by atoms with Gasteiger partial charge in [0.25, 0.3) is 0 Å². The van der Waals surface area contributed by atoms with Crippen molar-refractivity contribution in [2.24, 2.45) is 0 Å². The van der Waals surface area contributed by atoms with Crippen LogP contribution in [0.1, 0.15) is 32.1 Å². The van der Waals surface area contributed by atoms with Gasteiger partial charge in [0.1, 0.15) is 5.54 Å². The predicted octanol–water partition coefficient (Wildman–Crippen LogP) is 0.472. The van der Waals surface area contributed by atoms with Gasteiger partial charge in [-0.05, 0) is 32.1 Å². The highest BCUT2D eigenvalue weighted by Crippen LogP contribution is 2.31. The number of nitrogens with one attached hydrogen (secondary N) is 2. The zero-order valence-corrected chi connectivity index (χ0v) is 9.70. The normalized spacial score (nSPS) is 26.7. The first kappa shape index (κ1) is 12.2. The largest absolute Gasteiger partial charge is 0.480 e. The van der Waals surface area contributed by atoms with Crippen molar-refractivity contribution in [3.05, 3.63) is 0 Å². The van der Waals surface area contributed by atoms with Gasteiger partial charge in [0.2, 0.25) is 0 Å². The molecule has 0 aromatic heterocycles. The summed E-state index contributed by atoms with van der Waals surface area (Å²) < 4.78 is 5.24. The molecule has 1 aliphatic heterocycles. The number of carbonyl (C=O) groups is 2. The molecular formula is C11H18N2O4. The summed E-state index contributed by atoms with van der Waals surface area (Å²) in [5.41, 5.74) is -1.04. The van der Waals surface area contributed by atoms with Gasteiger partial charge in [-0.15, -0.1) is 0 Å². The summed E-state index contributed by atoms with van der Waals surface area (Å²) >= 11 is 0. The van der Waals surface area contributed by atoms with Gasteiger partial charge in [0, 0.05) is 6.61 Å². The van der Waals surface area contributed by atoms with E-state index in [0.717, 1.165) is 25.9 Å². The van der Waals surface area contributed by atoms with Crippen LogP contribution in [0.25, 0.3) is 0 Å². The molecule has 2 rings (SSSR count). The van der Waals surface area contributed by atoms with Crippen LogP contribution in [0.15, 0.2) is 0 Å². The number of amides is 2. The van der Waals surface area contributed by atoms with Crippen LogP contribution in [0.5, 0.6) is 0 Å². The van der Waals surface area contributed by atoms with Crippen LogP contribution in [-0.4, -0.2) is 41.9 Å². The predicted molar refractivity (Wildman–Crippen MR) is 59.7 cm³/mol. The van der Waals surface area contributed by atoms with Gasteiger partial charge in [-0.25, -0.2) is 9.59 Å². The maximum Gasteiger partial charge on any atom is 0.329 e. The van der Waals surface area contributed by atoms with E-state index in [4.69, 9.17) is 9.84 Å². The summed E-state index contributed by atoms with van der Waals surface area (Å²) in [6, 6.07) is -0.405. The minimum atomic E-state index is -1.04. The highest BCUT2D eigenvalue weighted by atomic mass is 16.5. The molecule has 1 unspecified atom stereocenters. The van der Waals surface area contributed by atoms with Crippen LogP contribution in [0, 0.1) is 0 Å². The van der Waals surface area contributed by atoms with Crippen LogP contribution >= 0.6 is 0 Å². The summed E-state index contributed by atoms with van der Waals surface area (Å²) in [5, 5.41) is 14.4. The van der Waals surface area contributed by atoms with Crippen molar-refractivity contribution in [2.75, 3.05) is 13.2 Å². The van der Waals surface area contributed by atoms with E-state index in [1.165, 1.54) is 0 Å². The molecular weight excluding hydrogens is 224 g/mol. The van der Waals surface area contributed by atoms with E-state index in [9.17, 15) is 9.59 Å². The molecule has 1 atom stereocenters. The second kappa shape index (κ2) is 4.91. The Labute approximate surface area is 99.7 Å². The molecule has 2 amide bonds. The number of rotatable bonds is 3. The van der Waals surface area contributed by atoms with Crippen LogP contribution in [0.3, 0.4) is 0 Å². The highest BCUT2D eigenvalue weighted by molar-refractivity contribution is 5.87. The number of carbonyl (C=O) groups excluding carboxylic acids is 1. The van der Waals surface area contributed by atoms with Crippen molar-refractivity contribution in [1.82, 2.24) is 10.6 Å². The number of carboxylic acid groups (broad SMARTS) is 1. The molecule has 6 heteroatoms.